The fourth-order valence-electron chi connectivity index (χ4n) is 1.71. The van der Waals surface area contributed by atoms with Crippen molar-refractivity contribution in [1.82, 2.24) is 0 Å². The lowest BCUT2D eigenvalue weighted by Crippen LogP contribution is -2.15. The van der Waals surface area contributed by atoms with Gasteiger partial charge in [0.05, 0.1) is 20.1 Å². The second-order valence-electron chi connectivity index (χ2n) is 4.43. The van der Waals surface area contributed by atoms with Crippen molar-refractivity contribution in [3.63, 3.8) is 0 Å². The van der Waals surface area contributed by atoms with Gasteiger partial charge in [-0.2, -0.15) is 5.26 Å². The lowest BCUT2D eigenvalue weighted by molar-refractivity contribution is 0.601. The van der Waals surface area contributed by atoms with Crippen molar-refractivity contribution in [3.8, 4) is 6.07 Å². The predicted octanol–water partition coefficient (Wildman–Crippen LogP) is 4.22. The van der Waals surface area contributed by atoms with Gasteiger partial charge in [-0.05, 0) is 41.1 Å². The molecule has 2 aromatic rings. The van der Waals surface area contributed by atoms with E-state index in [4.69, 9.17) is 16.9 Å². The second kappa shape index (κ2) is 6.24. The summed E-state index contributed by atoms with van der Waals surface area (Å²) < 4.78 is 40.7. The van der Waals surface area contributed by atoms with Crippen LogP contribution in [0.2, 0.25) is 5.02 Å². The Labute approximate surface area is 140 Å². The van der Waals surface area contributed by atoms with Crippen LogP contribution in [-0.4, -0.2) is 8.42 Å². The molecule has 114 valence electrons. The van der Waals surface area contributed by atoms with Gasteiger partial charge in [-0.3, -0.25) is 4.72 Å². The molecular weight excluding hydrogens is 395 g/mol. The van der Waals surface area contributed by atoms with Crippen LogP contribution in [0.4, 0.5) is 10.1 Å². The van der Waals surface area contributed by atoms with Crippen molar-refractivity contribution in [2.75, 3.05) is 4.72 Å². The van der Waals surface area contributed by atoms with Crippen LogP contribution in [0.25, 0.3) is 0 Å². The number of halogens is 3. The number of nitriles is 1. The van der Waals surface area contributed by atoms with Gasteiger partial charge in [-0.1, -0.05) is 29.3 Å². The maximum Gasteiger partial charge on any atom is 0.261 e. The van der Waals surface area contributed by atoms with Gasteiger partial charge in [0.15, 0.2) is 5.82 Å². The Balaban J connectivity index is 2.53. The third-order valence-corrected chi connectivity index (χ3v) is 5.09. The molecule has 1 N–H and O–H groups in total. The lowest BCUT2D eigenvalue weighted by atomic mass is 10.2. The summed E-state index contributed by atoms with van der Waals surface area (Å²) in [6, 6.07) is 8.87. The van der Waals surface area contributed by atoms with E-state index in [1.165, 1.54) is 18.2 Å². The molecular formula is C14H9BrClFN2O2S. The molecule has 2 aromatic carbocycles. The monoisotopic (exact) mass is 402 g/mol. The van der Waals surface area contributed by atoms with Gasteiger partial charge >= 0.3 is 0 Å². The number of nitrogens with zero attached hydrogens (tertiary/aromatic N) is 1. The first-order valence-electron chi connectivity index (χ1n) is 5.93. The minimum atomic E-state index is -3.98. The molecule has 0 aliphatic carbocycles. The Hall–Kier alpha value is -1.62. The number of nitrogens with one attached hydrogen (secondary N) is 1. The van der Waals surface area contributed by atoms with Crippen LogP contribution in [0.3, 0.4) is 0 Å². The first kappa shape index (κ1) is 16.7. The van der Waals surface area contributed by atoms with E-state index in [1.807, 2.05) is 6.92 Å². The Kier molecular flexibility index (Phi) is 4.75. The highest BCUT2D eigenvalue weighted by Gasteiger charge is 2.22. The van der Waals surface area contributed by atoms with Gasteiger partial charge in [-0.15, -0.1) is 0 Å². The van der Waals surface area contributed by atoms with Gasteiger partial charge < -0.3 is 0 Å². The maximum atomic E-state index is 13.9. The van der Waals surface area contributed by atoms with E-state index in [9.17, 15) is 12.8 Å². The highest BCUT2D eigenvalue weighted by atomic mass is 79.9. The molecule has 22 heavy (non-hydrogen) atoms. The van der Waals surface area contributed by atoms with Crippen molar-refractivity contribution < 1.29 is 12.8 Å². The number of benzene rings is 2. The first-order chi connectivity index (χ1) is 10.3. The van der Waals surface area contributed by atoms with Gasteiger partial charge in [0.1, 0.15) is 11.6 Å². The minimum absolute atomic E-state index is 0.0126. The zero-order chi connectivity index (χ0) is 16.5. The average molecular weight is 404 g/mol. The van der Waals surface area contributed by atoms with Crippen LogP contribution in [0, 0.1) is 24.1 Å². The van der Waals surface area contributed by atoms with Gasteiger partial charge in [-0.25, -0.2) is 12.8 Å². The summed E-state index contributed by atoms with van der Waals surface area (Å²) in [5.74, 6) is -0.881. The summed E-state index contributed by atoms with van der Waals surface area (Å²) in [5, 5.41) is 8.96. The number of rotatable bonds is 3. The Morgan fingerprint density at radius 1 is 1.32 bits per heavy atom. The molecule has 0 heterocycles. The van der Waals surface area contributed by atoms with Crippen molar-refractivity contribution >= 4 is 43.2 Å². The molecule has 0 amide bonds. The molecule has 0 saturated heterocycles. The molecule has 8 heteroatoms. The molecule has 0 aliphatic rings. The van der Waals surface area contributed by atoms with Crippen molar-refractivity contribution in [2.45, 2.75) is 11.8 Å². The number of hydrogen-bond donors (Lipinski definition) is 1. The molecule has 0 saturated carbocycles. The van der Waals surface area contributed by atoms with E-state index in [0.29, 0.717) is 0 Å². The van der Waals surface area contributed by atoms with Gasteiger partial charge in [0.2, 0.25) is 0 Å². The number of anilines is 1. The van der Waals surface area contributed by atoms with Gasteiger partial charge in [0.25, 0.3) is 10.0 Å². The minimum Gasteiger partial charge on any atom is -0.277 e. The Bertz CT molecular complexity index is 877. The third kappa shape index (κ3) is 3.24. The molecule has 0 aromatic heterocycles. The van der Waals surface area contributed by atoms with E-state index in [1.54, 1.807) is 18.2 Å². The van der Waals surface area contributed by atoms with Crippen LogP contribution in [0.5, 0.6) is 0 Å². The molecule has 2 rings (SSSR count). The number of sulfonamides is 1. The molecule has 0 fully saturated rings. The van der Waals surface area contributed by atoms with Crippen LogP contribution < -0.4 is 4.72 Å². The van der Waals surface area contributed by atoms with E-state index >= 15 is 0 Å². The standard InChI is InChI=1S/C14H9BrClFN2O2S/c1-8-2-4-9(5-3-8)22(20,21)19-14-10(7-18)13(17)11(15)6-12(14)16/h2-6,19H,1H3. The predicted molar refractivity (Wildman–Crippen MR) is 85.8 cm³/mol. The van der Waals surface area contributed by atoms with Crippen LogP contribution in [0.1, 0.15) is 11.1 Å². The highest BCUT2D eigenvalue weighted by molar-refractivity contribution is 9.10. The summed E-state index contributed by atoms with van der Waals surface area (Å²) in [5.41, 5.74) is 0.130. The smallest absolute Gasteiger partial charge is 0.261 e. The quantitative estimate of drug-likeness (QED) is 0.780. The van der Waals surface area contributed by atoms with E-state index < -0.39 is 21.4 Å². The summed E-state index contributed by atoms with van der Waals surface area (Å²) in [7, 11) is -3.98. The normalized spacial score (nSPS) is 11.0. The van der Waals surface area contributed by atoms with Crippen molar-refractivity contribution in [3.05, 3.63) is 56.8 Å². The Morgan fingerprint density at radius 3 is 2.45 bits per heavy atom. The molecule has 0 radical (unpaired) electrons. The van der Waals surface area contributed by atoms with Gasteiger partial charge in [0, 0.05) is 0 Å². The molecule has 0 spiro atoms. The zero-order valence-electron chi connectivity index (χ0n) is 11.2. The van der Waals surface area contributed by atoms with Crippen molar-refractivity contribution in [2.24, 2.45) is 0 Å². The van der Waals surface area contributed by atoms with E-state index in [0.717, 1.165) is 5.56 Å². The average Bonchev–Trinajstić information content (AvgIpc) is 2.45. The van der Waals surface area contributed by atoms with Crippen LogP contribution in [0.15, 0.2) is 39.7 Å². The van der Waals surface area contributed by atoms with E-state index in [-0.39, 0.29) is 20.1 Å². The summed E-state index contributed by atoms with van der Waals surface area (Å²) >= 11 is 8.85. The topological polar surface area (TPSA) is 70.0 Å². The third-order valence-electron chi connectivity index (χ3n) is 2.85. The van der Waals surface area contributed by atoms with Crippen molar-refractivity contribution in [1.29, 1.82) is 5.26 Å². The second-order valence-corrected chi connectivity index (χ2v) is 7.38. The Morgan fingerprint density at radius 2 is 1.91 bits per heavy atom. The molecule has 0 aliphatic heterocycles. The lowest BCUT2D eigenvalue weighted by Gasteiger charge is -2.12. The van der Waals surface area contributed by atoms with E-state index in [2.05, 4.69) is 20.7 Å². The summed E-state index contributed by atoms with van der Waals surface area (Å²) in [4.78, 5) is -0.0126. The SMILES string of the molecule is Cc1ccc(S(=O)(=O)Nc2c(Cl)cc(Br)c(F)c2C#N)cc1. The van der Waals surface area contributed by atoms with Crippen LogP contribution in [-0.2, 0) is 10.0 Å². The maximum absolute atomic E-state index is 13.9. The summed E-state index contributed by atoms with van der Waals surface area (Å²) in [6.07, 6.45) is 0. The molecule has 0 atom stereocenters. The number of hydrogen-bond acceptors (Lipinski definition) is 3. The first-order valence-corrected chi connectivity index (χ1v) is 8.58. The largest absolute Gasteiger partial charge is 0.277 e. The van der Waals surface area contributed by atoms with Crippen LogP contribution >= 0.6 is 27.5 Å². The zero-order valence-corrected chi connectivity index (χ0v) is 14.4. The summed E-state index contributed by atoms with van der Waals surface area (Å²) in [6.45, 7) is 1.82. The number of aryl methyl sites for hydroxylation is 1. The molecule has 0 unspecified atom stereocenters. The highest BCUT2D eigenvalue weighted by Crippen LogP contribution is 2.34. The fourth-order valence-corrected chi connectivity index (χ4v) is 3.67. The fraction of sp³-hybridized carbons (Fsp3) is 0.0714. The molecule has 4 nitrogen and oxygen atoms in total. The molecule has 0 bridgehead atoms.